The van der Waals surface area contributed by atoms with Crippen LogP contribution in [0.25, 0.3) is 11.0 Å². The van der Waals surface area contributed by atoms with E-state index >= 15 is 0 Å². The summed E-state index contributed by atoms with van der Waals surface area (Å²) in [6.45, 7) is 0. The minimum atomic E-state index is 0.565. The van der Waals surface area contributed by atoms with Crippen LogP contribution >= 0.6 is 0 Å². The molecule has 2 aromatic rings. The number of fused-ring (bicyclic) bond motifs is 1. The molecule has 0 amide bonds. The second-order valence-electron chi connectivity index (χ2n) is 4.54. The Morgan fingerprint density at radius 3 is 1.82 bits per heavy atom. The Bertz CT molecular complexity index is 522. The third kappa shape index (κ3) is 2.61. The third-order valence-corrected chi connectivity index (χ3v) is 4.79. The van der Waals surface area contributed by atoms with Crippen molar-refractivity contribution in [2.45, 2.75) is 25.3 Å². The quantitative estimate of drug-likeness (QED) is 0.707. The van der Waals surface area contributed by atoms with Crippen LogP contribution in [0.3, 0.4) is 0 Å². The van der Waals surface area contributed by atoms with E-state index in [1.165, 1.54) is 34.1 Å². The number of aromatic nitrogens is 2. The van der Waals surface area contributed by atoms with Crippen LogP contribution < -0.4 is 5.73 Å². The number of benzene rings is 1. The van der Waals surface area contributed by atoms with Gasteiger partial charge in [-0.05, 0) is 12.8 Å². The Kier molecular flexibility index (Phi) is 4.00. The van der Waals surface area contributed by atoms with Crippen LogP contribution in [0.2, 0.25) is 0 Å². The average Bonchev–Trinajstić information content (AvgIpc) is 2.54. The van der Waals surface area contributed by atoms with Crippen molar-refractivity contribution in [1.29, 1.82) is 0 Å². The van der Waals surface area contributed by atoms with Gasteiger partial charge in [0, 0.05) is 6.04 Å². The normalized spacial score (nSPS) is 15.4. The molecule has 1 aromatic carbocycles. The number of aryl methyl sites for hydroxylation is 2. The minimum Gasteiger partial charge on any atom is -0.328 e. The molecular weight excluding hydrogens is 393 g/mol. The predicted molar refractivity (Wildman–Crippen MR) is 67.0 cm³/mol. The number of para-hydroxylation sites is 2. The first-order chi connectivity index (χ1) is 8.11. The van der Waals surface area contributed by atoms with Gasteiger partial charge in [0.05, 0.1) is 0 Å². The van der Waals surface area contributed by atoms with Gasteiger partial charge >= 0.3 is 81.7 Å². The molecule has 1 aromatic heterocycles. The molecular formula is C13H19N3Pt. The molecule has 0 radical (unpaired) electrons. The summed E-state index contributed by atoms with van der Waals surface area (Å²) in [6.07, 6.45) is 3.89. The zero-order valence-electron chi connectivity index (χ0n) is 10.3. The van der Waals surface area contributed by atoms with E-state index in [1.807, 2.05) is 0 Å². The fraction of sp³-hybridized carbons (Fsp3) is 0.462. The van der Waals surface area contributed by atoms with E-state index in [1.54, 1.807) is 0 Å². The van der Waals surface area contributed by atoms with Crippen LogP contribution in [-0.4, -0.2) is 15.2 Å². The van der Waals surface area contributed by atoms with Gasteiger partial charge in [0.2, 0.25) is 0 Å². The van der Waals surface area contributed by atoms with E-state index in [0.717, 1.165) is 0 Å². The van der Waals surface area contributed by atoms with E-state index in [9.17, 15) is 0 Å². The fourth-order valence-electron chi connectivity index (χ4n) is 1.88. The number of rotatable bonds is 0. The molecule has 3 rings (SSSR count). The Labute approximate surface area is 113 Å². The first kappa shape index (κ1) is 12.8. The van der Waals surface area contributed by atoms with Crippen molar-refractivity contribution in [3.63, 3.8) is 0 Å². The van der Waals surface area contributed by atoms with Crippen LogP contribution in [0.1, 0.15) is 19.3 Å². The molecule has 0 bridgehead atoms. The average molecular weight is 412 g/mol. The van der Waals surface area contributed by atoms with E-state index in [4.69, 9.17) is 5.73 Å². The van der Waals surface area contributed by atoms with Crippen molar-refractivity contribution in [3.8, 4) is 0 Å². The Morgan fingerprint density at radius 1 is 1.12 bits per heavy atom. The maximum atomic E-state index is 5.38. The van der Waals surface area contributed by atoms with E-state index < -0.39 is 0 Å². The summed E-state index contributed by atoms with van der Waals surface area (Å²) in [5.74, 6) is 0. The monoisotopic (exact) mass is 412 g/mol. The number of nitrogens with two attached hydrogens (primary N) is 1. The number of hydrogen-bond acceptors (Lipinski definition) is 1. The van der Waals surface area contributed by atoms with Crippen LogP contribution in [0.5, 0.6) is 0 Å². The zero-order chi connectivity index (χ0) is 12.4. The van der Waals surface area contributed by atoms with Gasteiger partial charge in [0.15, 0.2) is 0 Å². The molecule has 3 nitrogen and oxygen atoms in total. The molecule has 0 unspecified atom stereocenters. The fourth-order valence-corrected chi connectivity index (χ4v) is 2.43. The number of hydrogen-bond donors (Lipinski definition) is 1. The van der Waals surface area contributed by atoms with Crippen LogP contribution in [0.4, 0.5) is 0 Å². The summed E-state index contributed by atoms with van der Waals surface area (Å²) < 4.78 is 5.63. The van der Waals surface area contributed by atoms with Gasteiger partial charge in [0.25, 0.3) is 0 Å². The number of nitrogens with zero attached hydrogens (tertiary/aromatic N) is 2. The maximum absolute atomic E-state index is 5.38. The number of imidazole rings is 1. The SMILES string of the molecule is Cn1[c](=[Pt])n(C)c2ccccc21.NC1CCC1. The molecule has 1 saturated carbocycles. The zero-order valence-corrected chi connectivity index (χ0v) is 12.6. The molecule has 1 heterocycles. The second kappa shape index (κ2) is 5.32. The summed E-state index contributed by atoms with van der Waals surface area (Å²) in [5.41, 5.74) is 7.94. The van der Waals surface area contributed by atoms with Crippen molar-refractivity contribution in [2.24, 2.45) is 19.8 Å². The maximum Gasteiger partial charge on any atom is 0.00388 e. The standard InChI is InChI=1S/C9H10N2.C4H9N.Pt/c1-10-7-11(2)9-6-4-3-5-8(9)10;5-4-2-1-3-4;/h3-6H,1-2H3;4H,1-3,5H2;. The predicted octanol–water partition coefficient (Wildman–Crippen LogP) is 2.09. The minimum absolute atomic E-state index is 0.565. The van der Waals surface area contributed by atoms with Gasteiger partial charge in [-0.25, -0.2) is 0 Å². The second-order valence-corrected chi connectivity index (χ2v) is 5.56. The van der Waals surface area contributed by atoms with Crippen LogP contribution in [0.15, 0.2) is 24.3 Å². The molecule has 2 N–H and O–H groups in total. The first-order valence-corrected chi connectivity index (χ1v) is 7.06. The van der Waals surface area contributed by atoms with Gasteiger partial charge in [-0.15, -0.1) is 0 Å². The molecule has 4 heteroatoms. The van der Waals surface area contributed by atoms with Gasteiger partial charge in [-0.1, -0.05) is 6.42 Å². The summed E-state index contributed by atoms with van der Waals surface area (Å²) in [4.78, 5) is 0. The van der Waals surface area contributed by atoms with Crippen LogP contribution in [-0.2, 0) is 33.4 Å². The van der Waals surface area contributed by atoms with Crippen molar-refractivity contribution >= 4 is 11.0 Å². The van der Waals surface area contributed by atoms with Crippen LogP contribution in [0, 0.1) is 3.80 Å². The summed E-state index contributed by atoms with van der Waals surface area (Å²) >= 11 is 2.33. The molecule has 0 atom stereocenters. The molecule has 0 spiro atoms. The molecule has 1 aliphatic rings. The largest absolute Gasteiger partial charge is 0.328 e. The van der Waals surface area contributed by atoms with Crippen molar-refractivity contribution in [2.75, 3.05) is 0 Å². The molecule has 0 aliphatic heterocycles. The molecule has 1 fully saturated rings. The van der Waals surface area contributed by atoms with Crippen molar-refractivity contribution < 1.29 is 19.4 Å². The Balaban J connectivity index is 0.000000181. The van der Waals surface area contributed by atoms with Gasteiger partial charge < -0.3 is 5.73 Å². The van der Waals surface area contributed by atoms with E-state index in [0.29, 0.717) is 6.04 Å². The smallest absolute Gasteiger partial charge is 0.00388 e. The topological polar surface area (TPSA) is 35.9 Å². The molecule has 0 saturated heterocycles. The van der Waals surface area contributed by atoms with Crippen molar-refractivity contribution in [3.05, 3.63) is 28.1 Å². The first-order valence-electron chi connectivity index (χ1n) is 5.92. The third-order valence-electron chi connectivity index (χ3n) is 3.27. The van der Waals surface area contributed by atoms with Gasteiger partial charge in [0.1, 0.15) is 0 Å². The van der Waals surface area contributed by atoms with Crippen molar-refractivity contribution in [1.82, 2.24) is 9.13 Å². The van der Waals surface area contributed by atoms with Gasteiger partial charge in [-0.2, -0.15) is 0 Å². The van der Waals surface area contributed by atoms with Gasteiger partial charge in [-0.3, -0.25) is 0 Å². The molecule has 96 valence electrons. The Morgan fingerprint density at radius 2 is 1.53 bits per heavy atom. The summed E-state index contributed by atoms with van der Waals surface area (Å²) in [6, 6.07) is 8.97. The Hall–Kier alpha value is -0.662. The molecule has 17 heavy (non-hydrogen) atoms. The van der Waals surface area contributed by atoms with E-state index in [-0.39, 0.29) is 0 Å². The summed E-state index contributed by atoms with van der Waals surface area (Å²) in [7, 11) is 4.18. The molecule has 1 aliphatic carbocycles. The summed E-state index contributed by atoms with van der Waals surface area (Å²) in [5, 5.41) is 0. The van der Waals surface area contributed by atoms with E-state index in [2.05, 4.69) is 66.8 Å².